The Kier molecular flexibility index (Phi) is 3.52. The zero-order valence-corrected chi connectivity index (χ0v) is 10.6. The van der Waals surface area contributed by atoms with Crippen molar-refractivity contribution in [3.63, 3.8) is 0 Å². The van der Waals surface area contributed by atoms with Gasteiger partial charge in [0, 0.05) is 6.20 Å². The van der Waals surface area contributed by atoms with Gasteiger partial charge in [-0.1, -0.05) is 5.92 Å². The van der Waals surface area contributed by atoms with Crippen molar-refractivity contribution >= 4 is 5.82 Å². The number of hydrogen-bond acceptors (Lipinski definition) is 6. The number of aliphatic hydroxyl groups is 2. The molecule has 1 aliphatic heterocycles. The van der Waals surface area contributed by atoms with Crippen LogP contribution in [-0.2, 0) is 4.74 Å². The molecule has 2 heterocycles. The van der Waals surface area contributed by atoms with Gasteiger partial charge in [0.25, 0.3) is 0 Å². The van der Waals surface area contributed by atoms with Crippen LogP contribution in [0, 0.1) is 12.3 Å². The molecule has 1 unspecified atom stereocenters. The number of halogens is 1. The molecular formula is C12H14FN3O4. The molecule has 108 valence electrons. The lowest BCUT2D eigenvalue weighted by Crippen LogP contribution is -2.45. The molecule has 0 bridgehead atoms. The summed E-state index contributed by atoms with van der Waals surface area (Å²) in [7, 11) is 0. The summed E-state index contributed by atoms with van der Waals surface area (Å²) in [5, 5.41) is 19.4. The van der Waals surface area contributed by atoms with Gasteiger partial charge in [-0.2, -0.15) is 4.98 Å². The first kappa shape index (κ1) is 14.5. The fourth-order valence-electron chi connectivity index (χ4n) is 2.11. The van der Waals surface area contributed by atoms with Crippen LogP contribution in [0.3, 0.4) is 0 Å². The molecule has 2 rings (SSSR count). The number of nitrogen functional groups attached to an aromatic ring is 1. The molecule has 0 spiro atoms. The highest BCUT2D eigenvalue weighted by atomic mass is 19.1. The fraction of sp³-hybridized carbons (Fsp3) is 0.500. The number of anilines is 1. The number of aromatic nitrogens is 2. The van der Waals surface area contributed by atoms with E-state index in [4.69, 9.17) is 16.9 Å². The van der Waals surface area contributed by atoms with E-state index in [0.717, 1.165) is 10.8 Å². The second kappa shape index (κ2) is 4.86. The van der Waals surface area contributed by atoms with Crippen molar-refractivity contribution in [2.75, 3.05) is 5.73 Å². The minimum absolute atomic E-state index is 0.0398. The van der Waals surface area contributed by atoms with E-state index in [1.54, 1.807) is 5.92 Å². The standard InChI is InChI=1S/C12H14FN3O4/c1-3-12(13)9(18)8(6(2)17)20-10(12)16-5-4-7(14)15-11(16)19/h1,4-6,8-10,17-18H,2H3,(H2,14,15,19)/t6-,8+,9-,10+,12?/m0/s1. The maximum Gasteiger partial charge on any atom is 0.351 e. The lowest BCUT2D eigenvalue weighted by Gasteiger charge is -2.23. The van der Waals surface area contributed by atoms with Gasteiger partial charge in [0.1, 0.15) is 18.0 Å². The molecule has 20 heavy (non-hydrogen) atoms. The topological polar surface area (TPSA) is 111 Å². The Morgan fingerprint density at radius 1 is 1.75 bits per heavy atom. The van der Waals surface area contributed by atoms with Crippen LogP contribution in [0.25, 0.3) is 0 Å². The second-order valence-corrected chi connectivity index (χ2v) is 4.59. The summed E-state index contributed by atoms with van der Waals surface area (Å²) in [4.78, 5) is 15.2. The molecule has 0 radical (unpaired) electrons. The van der Waals surface area contributed by atoms with E-state index in [1.807, 2.05) is 0 Å². The molecular weight excluding hydrogens is 269 g/mol. The first-order chi connectivity index (χ1) is 9.31. The monoisotopic (exact) mass is 283 g/mol. The number of aliphatic hydroxyl groups excluding tert-OH is 2. The van der Waals surface area contributed by atoms with Gasteiger partial charge >= 0.3 is 5.69 Å². The summed E-state index contributed by atoms with van der Waals surface area (Å²) >= 11 is 0. The molecule has 1 aromatic heterocycles. The zero-order chi connectivity index (χ0) is 15.1. The van der Waals surface area contributed by atoms with Crippen LogP contribution in [-0.4, -0.2) is 43.7 Å². The number of nitrogens with zero attached hydrogens (tertiary/aromatic N) is 2. The summed E-state index contributed by atoms with van der Waals surface area (Å²) in [5.41, 5.74) is 1.81. The Morgan fingerprint density at radius 2 is 2.40 bits per heavy atom. The Labute approximate surface area is 113 Å². The molecule has 7 nitrogen and oxygen atoms in total. The predicted molar refractivity (Wildman–Crippen MR) is 67.2 cm³/mol. The van der Waals surface area contributed by atoms with Crippen molar-refractivity contribution in [3.8, 4) is 12.3 Å². The van der Waals surface area contributed by atoms with Crippen LogP contribution in [0.4, 0.5) is 10.2 Å². The highest BCUT2D eigenvalue weighted by Gasteiger charge is 2.58. The highest BCUT2D eigenvalue weighted by Crippen LogP contribution is 2.41. The number of nitrogens with two attached hydrogens (primary N) is 1. The van der Waals surface area contributed by atoms with E-state index in [-0.39, 0.29) is 5.82 Å². The Hall–Kier alpha value is -1.95. The van der Waals surface area contributed by atoms with Gasteiger partial charge in [-0.15, -0.1) is 6.42 Å². The Morgan fingerprint density at radius 3 is 2.90 bits per heavy atom. The third-order valence-electron chi connectivity index (χ3n) is 3.19. The van der Waals surface area contributed by atoms with E-state index >= 15 is 0 Å². The van der Waals surface area contributed by atoms with Crippen LogP contribution in [0.1, 0.15) is 13.2 Å². The average molecular weight is 283 g/mol. The van der Waals surface area contributed by atoms with Gasteiger partial charge in [-0.05, 0) is 13.0 Å². The van der Waals surface area contributed by atoms with Gasteiger partial charge in [-0.3, -0.25) is 4.57 Å². The molecule has 1 fully saturated rings. The fourth-order valence-corrected chi connectivity index (χ4v) is 2.11. The highest BCUT2D eigenvalue weighted by molar-refractivity contribution is 5.25. The van der Waals surface area contributed by atoms with E-state index in [1.165, 1.54) is 13.0 Å². The van der Waals surface area contributed by atoms with Crippen LogP contribution < -0.4 is 11.4 Å². The maximum atomic E-state index is 14.7. The van der Waals surface area contributed by atoms with Crippen molar-refractivity contribution in [2.45, 2.75) is 37.1 Å². The van der Waals surface area contributed by atoms with Crippen molar-refractivity contribution < 1.29 is 19.3 Å². The normalized spacial score (nSPS) is 34.6. The zero-order valence-electron chi connectivity index (χ0n) is 10.6. The lowest BCUT2D eigenvalue weighted by molar-refractivity contribution is -0.0802. The SMILES string of the molecule is C#CC1(F)[C@@H](O)[C@@H]([C@H](C)O)O[C@H]1n1ccc(N)nc1=O. The number of ether oxygens (including phenoxy) is 1. The third-order valence-corrected chi connectivity index (χ3v) is 3.19. The van der Waals surface area contributed by atoms with Crippen molar-refractivity contribution in [1.82, 2.24) is 9.55 Å². The van der Waals surface area contributed by atoms with Crippen LogP contribution in [0.2, 0.25) is 0 Å². The van der Waals surface area contributed by atoms with E-state index in [0.29, 0.717) is 0 Å². The number of terminal acetylenes is 1. The van der Waals surface area contributed by atoms with Gasteiger partial charge < -0.3 is 20.7 Å². The third kappa shape index (κ3) is 2.06. The summed E-state index contributed by atoms with van der Waals surface area (Å²) < 4.78 is 20.7. The number of rotatable bonds is 2. The quantitative estimate of drug-likeness (QED) is 0.588. The van der Waals surface area contributed by atoms with Crippen molar-refractivity contribution in [3.05, 3.63) is 22.7 Å². The predicted octanol–water partition coefficient (Wildman–Crippen LogP) is -1.19. The Bertz CT molecular complexity index is 611. The van der Waals surface area contributed by atoms with E-state index in [9.17, 15) is 19.4 Å². The van der Waals surface area contributed by atoms with Crippen LogP contribution in [0.15, 0.2) is 17.1 Å². The van der Waals surface area contributed by atoms with Crippen molar-refractivity contribution in [2.24, 2.45) is 0 Å². The molecule has 0 saturated carbocycles. The first-order valence-electron chi connectivity index (χ1n) is 5.84. The minimum Gasteiger partial charge on any atom is -0.391 e. The summed E-state index contributed by atoms with van der Waals surface area (Å²) in [6.07, 6.45) is 0.486. The molecule has 0 aromatic carbocycles. The number of alkyl halides is 1. The molecule has 0 amide bonds. The summed E-state index contributed by atoms with van der Waals surface area (Å²) in [6, 6.07) is 1.27. The Balaban J connectivity index is 2.50. The molecule has 0 aliphatic carbocycles. The van der Waals surface area contributed by atoms with Crippen LogP contribution in [0.5, 0.6) is 0 Å². The summed E-state index contributed by atoms with van der Waals surface area (Å²) in [5.74, 6) is 1.75. The maximum absolute atomic E-state index is 14.7. The molecule has 5 atom stereocenters. The van der Waals surface area contributed by atoms with E-state index in [2.05, 4.69) is 4.98 Å². The first-order valence-corrected chi connectivity index (χ1v) is 5.84. The second-order valence-electron chi connectivity index (χ2n) is 4.59. The van der Waals surface area contributed by atoms with Crippen molar-refractivity contribution in [1.29, 1.82) is 0 Å². The largest absolute Gasteiger partial charge is 0.391 e. The van der Waals surface area contributed by atoms with E-state index < -0.39 is 35.9 Å². The van der Waals surface area contributed by atoms with Gasteiger partial charge in [-0.25, -0.2) is 9.18 Å². The molecule has 8 heteroatoms. The summed E-state index contributed by atoms with van der Waals surface area (Å²) in [6.45, 7) is 1.32. The van der Waals surface area contributed by atoms with Gasteiger partial charge in [0.2, 0.25) is 5.67 Å². The van der Waals surface area contributed by atoms with Gasteiger partial charge in [0.15, 0.2) is 6.23 Å². The molecule has 1 aliphatic rings. The molecule has 1 aromatic rings. The lowest BCUT2D eigenvalue weighted by atomic mass is 9.95. The molecule has 1 saturated heterocycles. The average Bonchev–Trinajstić information content (AvgIpc) is 2.64. The van der Waals surface area contributed by atoms with Gasteiger partial charge in [0.05, 0.1) is 6.10 Å². The minimum atomic E-state index is -2.66. The smallest absolute Gasteiger partial charge is 0.351 e. The van der Waals surface area contributed by atoms with Crippen LogP contribution >= 0.6 is 0 Å². The molecule has 4 N–H and O–H groups in total. The number of hydrogen-bond donors (Lipinski definition) is 3.